The first kappa shape index (κ1) is 17.0. The van der Waals surface area contributed by atoms with E-state index in [1.807, 2.05) is 13.8 Å². The van der Waals surface area contributed by atoms with Crippen molar-refractivity contribution in [2.45, 2.75) is 20.3 Å². The lowest BCUT2D eigenvalue weighted by molar-refractivity contribution is 0.0602. The number of ether oxygens (including phenoxy) is 2. The molecule has 5 nitrogen and oxygen atoms in total. The van der Waals surface area contributed by atoms with Crippen molar-refractivity contribution in [3.63, 3.8) is 0 Å². The predicted molar refractivity (Wildman–Crippen MR) is 90.6 cm³/mol. The van der Waals surface area contributed by atoms with E-state index in [1.54, 1.807) is 30.3 Å². The Hall–Kier alpha value is -2.34. The van der Waals surface area contributed by atoms with Crippen LogP contribution in [0.4, 0.5) is 5.00 Å². The third-order valence-corrected chi connectivity index (χ3v) is 4.04. The fourth-order valence-corrected chi connectivity index (χ4v) is 2.86. The molecular formula is C17H19NO4S. The van der Waals surface area contributed by atoms with Crippen molar-refractivity contribution in [2.75, 3.05) is 19.0 Å². The van der Waals surface area contributed by atoms with E-state index in [0.717, 1.165) is 17.0 Å². The number of amides is 1. The van der Waals surface area contributed by atoms with E-state index in [2.05, 4.69) is 5.32 Å². The van der Waals surface area contributed by atoms with Gasteiger partial charge in [0.15, 0.2) is 0 Å². The number of aryl methyl sites for hydroxylation is 1. The molecule has 0 spiro atoms. The van der Waals surface area contributed by atoms with Gasteiger partial charge in [-0.15, -0.1) is 11.3 Å². The highest BCUT2D eigenvalue weighted by Gasteiger charge is 2.18. The normalized spacial score (nSPS) is 10.2. The van der Waals surface area contributed by atoms with E-state index in [0.29, 0.717) is 22.7 Å². The maximum atomic E-state index is 12.3. The first-order valence-corrected chi connectivity index (χ1v) is 8.09. The fraction of sp³-hybridized carbons (Fsp3) is 0.294. The molecule has 0 aliphatic heterocycles. The van der Waals surface area contributed by atoms with Gasteiger partial charge in [0.05, 0.1) is 19.3 Å². The average molecular weight is 333 g/mol. The van der Waals surface area contributed by atoms with Crippen LogP contribution in [0.1, 0.15) is 38.9 Å². The molecule has 1 aromatic heterocycles. The number of nitrogens with one attached hydrogen (secondary N) is 1. The summed E-state index contributed by atoms with van der Waals surface area (Å²) < 4.78 is 10.2. The third kappa shape index (κ3) is 4.32. The Morgan fingerprint density at radius 2 is 1.91 bits per heavy atom. The molecule has 122 valence electrons. The zero-order chi connectivity index (χ0) is 16.8. The van der Waals surface area contributed by atoms with Crippen molar-refractivity contribution in [3.05, 3.63) is 46.3 Å². The topological polar surface area (TPSA) is 64.6 Å². The van der Waals surface area contributed by atoms with E-state index in [-0.39, 0.29) is 5.91 Å². The molecule has 0 saturated heterocycles. The highest BCUT2D eigenvalue weighted by molar-refractivity contribution is 7.16. The number of anilines is 1. The second-order valence-corrected chi connectivity index (χ2v) is 6.17. The molecule has 0 fully saturated rings. The number of methoxy groups -OCH3 is 1. The zero-order valence-electron chi connectivity index (χ0n) is 13.3. The minimum atomic E-state index is -0.465. The Labute approximate surface area is 139 Å². The van der Waals surface area contributed by atoms with E-state index < -0.39 is 5.97 Å². The Kier molecular flexibility index (Phi) is 5.76. The van der Waals surface area contributed by atoms with Crippen molar-refractivity contribution >= 4 is 28.2 Å². The lowest BCUT2D eigenvalue weighted by Gasteiger charge is -2.07. The smallest absolute Gasteiger partial charge is 0.340 e. The molecule has 1 amide bonds. The molecule has 6 heteroatoms. The van der Waals surface area contributed by atoms with Crippen LogP contribution < -0.4 is 10.1 Å². The third-order valence-electron chi connectivity index (χ3n) is 3.08. The van der Waals surface area contributed by atoms with Crippen LogP contribution in [0.15, 0.2) is 30.3 Å². The first-order chi connectivity index (χ1) is 11.0. The summed E-state index contributed by atoms with van der Waals surface area (Å²) >= 11 is 1.34. The lowest BCUT2D eigenvalue weighted by atomic mass is 10.2. The molecule has 0 saturated carbocycles. The number of carbonyl (C=O) groups excluding carboxylic acids is 2. The number of hydrogen-bond acceptors (Lipinski definition) is 5. The van der Waals surface area contributed by atoms with Crippen molar-refractivity contribution in [3.8, 4) is 5.75 Å². The summed E-state index contributed by atoms with van der Waals surface area (Å²) in [6, 6.07) is 8.60. The molecular weight excluding hydrogens is 314 g/mol. The minimum absolute atomic E-state index is 0.279. The molecule has 1 aromatic carbocycles. The number of esters is 1. The number of thiophene rings is 1. The molecule has 0 unspecified atom stereocenters. The Morgan fingerprint density at radius 3 is 2.52 bits per heavy atom. The van der Waals surface area contributed by atoms with Gasteiger partial charge in [-0.3, -0.25) is 4.79 Å². The van der Waals surface area contributed by atoms with Crippen LogP contribution in [0.2, 0.25) is 0 Å². The van der Waals surface area contributed by atoms with Gasteiger partial charge < -0.3 is 14.8 Å². The molecule has 0 aliphatic rings. The second kappa shape index (κ2) is 7.78. The maximum Gasteiger partial charge on any atom is 0.340 e. The monoisotopic (exact) mass is 333 g/mol. The minimum Gasteiger partial charge on any atom is -0.494 e. The Morgan fingerprint density at radius 1 is 1.22 bits per heavy atom. The van der Waals surface area contributed by atoms with Gasteiger partial charge in [0, 0.05) is 10.4 Å². The molecule has 2 aromatic rings. The largest absolute Gasteiger partial charge is 0.494 e. The lowest BCUT2D eigenvalue weighted by Crippen LogP contribution is -2.13. The summed E-state index contributed by atoms with van der Waals surface area (Å²) in [5.41, 5.74) is 0.863. The fourth-order valence-electron chi connectivity index (χ4n) is 1.97. The van der Waals surface area contributed by atoms with Crippen molar-refractivity contribution in [2.24, 2.45) is 0 Å². The van der Waals surface area contributed by atoms with Gasteiger partial charge in [-0.25, -0.2) is 4.79 Å². The first-order valence-electron chi connectivity index (χ1n) is 7.28. The van der Waals surface area contributed by atoms with E-state index in [1.165, 1.54) is 18.4 Å². The van der Waals surface area contributed by atoms with E-state index in [4.69, 9.17) is 9.47 Å². The van der Waals surface area contributed by atoms with Crippen LogP contribution in [0, 0.1) is 6.92 Å². The number of rotatable bonds is 6. The highest BCUT2D eigenvalue weighted by Crippen LogP contribution is 2.28. The van der Waals surface area contributed by atoms with E-state index in [9.17, 15) is 9.59 Å². The Bertz CT molecular complexity index is 691. The standard InChI is InChI=1S/C17H19NO4S/c1-4-9-22-13-7-5-12(6-8-13)15(19)18-16-14(17(20)21-3)10-11(2)23-16/h5-8,10H,4,9H2,1-3H3,(H,18,19). The van der Waals surface area contributed by atoms with Crippen molar-refractivity contribution < 1.29 is 19.1 Å². The van der Waals surface area contributed by atoms with Gasteiger partial charge in [0.1, 0.15) is 10.8 Å². The molecule has 0 aliphatic carbocycles. The molecule has 0 atom stereocenters. The highest BCUT2D eigenvalue weighted by atomic mass is 32.1. The Balaban J connectivity index is 2.11. The summed E-state index contributed by atoms with van der Waals surface area (Å²) in [5, 5.41) is 3.25. The average Bonchev–Trinajstić information content (AvgIpc) is 2.93. The van der Waals surface area contributed by atoms with Crippen molar-refractivity contribution in [1.29, 1.82) is 0 Å². The summed E-state index contributed by atoms with van der Waals surface area (Å²) in [5.74, 6) is -0.0161. The molecule has 2 rings (SSSR count). The summed E-state index contributed by atoms with van der Waals surface area (Å²) in [4.78, 5) is 25.0. The van der Waals surface area contributed by atoms with Gasteiger partial charge in [0.2, 0.25) is 0 Å². The molecule has 1 N–H and O–H groups in total. The molecule has 0 radical (unpaired) electrons. The second-order valence-electron chi connectivity index (χ2n) is 4.92. The van der Waals surface area contributed by atoms with Crippen LogP contribution >= 0.6 is 11.3 Å². The van der Waals surface area contributed by atoms with Crippen molar-refractivity contribution in [1.82, 2.24) is 0 Å². The summed E-state index contributed by atoms with van der Waals surface area (Å²) in [6.07, 6.45) is 0.927. The van der Waals surface area contributed by atoms with Crippen LogP contribution in [0.25, 0.3) is 0 Å². The van der Waals surface area contributed by atoms with Gasteiger partial charge in [-0.1, -0.05) is 6.92 Å². The number of hydrogen-bond donors (Lipinski definition) is 1. The summed E-state index contributed by atoms with van der Waals surface area (Å²) in [7, 11) is 1.32. The molecule has 0 bridgehead atoms. The predicted octanol–water partition coefficient (Wildman–Crippen LogP) is 3.88. The maximum absolute atomic E-state index is 12.3. The van der Waals surface area contributed by atoms with Gasteiger partial charge in [-0.2, -0.15) is 0 Å². The van der Waals surface area contributed by atoms with Gasteiger partial charge in [0.25, 0.3) is 5.91 Å². The van der Waals surface area contributed by atoms with Gasteiger partial charge in [-0.05, 0) is 43.7 Å². The number of carbonyl (C=O) groups is 2. The van der Waals surface area contributed by atoms with Gasteiger partial charge >= 0.3 is 5.97 Å². The van der Waals surface area contributed by atoms with Crippen LogP contribution in [-0.2, 0) is 4.74 Å². The summed E-state index contributed by atoms with van der Waals surface area (Å²) in [6.45, 7) is 4.54. The van der Waals surface area contributed by atoms with E-state index >= 15 is 0 Å². The SMILES string of the molecule is CCCOc1ccc(C(=O)Nc2sc(C)cc2C(=O)OC)cc1. The quantitative estimate of drug-likeness (QED) is 0.815. The molecule has 1 heterocycles. The number of benzene rings is 1. The van der Waals surface area contributed by atoms with Crippen LogP contribution in [-0.4, -0.2) is 25.6 Å². The van der Waals surface area contributed by atoms with Crippen LogP contribution in [0.3, 0.4) is 0 Å². The zero-order valence-corrected chi connectivity index (χ0v) is 14.2. The van der Waals surface area contributed by atoms with Crippen LogP contribution in [0.5, 0.6) is 5.75 Å². The molecule has 23 heavy (non-hydrogen) atoms.